The van der Waals surface area contributed by atoms with Crippen LogP contribution in [-0.4, -0.2) is 71.7 Å². The SMILES string of the molecule is CCC(C)S(=O)(=O)Cc1ccc(C)c(Nc2ncnc3cnc(N4CCN(C)CC4)nc23)c1. The second-order valence-corrected chi connectivity index (χ2v) is 11.1. The first-order valence-corrected chi connectivity index (χ1v) is 13.0. The van der Waals surface area contributed by atoms with Crippen LogP contribution in [0.5, 0.6) is 0 Å². The van der Waals surface area contributed by atoms with Crippen molar-refractivity contribution in [1.29, 1.82) is 0 Å². The highest BCUT2D eigenvalue weighted by Gasteiger charge is 2.21. The number of aryl methyl sites for hydroxylation is 1. The highest BCUT2D eigenvalue weighted by Crippen LogP contribution is 2.27. The number of hydrogen-bond acceptors (Lipinski definition) is 9. The van der Waals surface area contributed by atoms with Crippen molar-refractivity contribution in [3.05, 3.63) is 41.9 Å². The maximum absolute atomic E-state index is 12.6. The number of likely N-dealkylation sites (N-methyl/N-ethyl adjacent to an activating group) is 1. The van der Waals surface area contributed by atoms with Gasteiger partial charge in [0.2, 0.25) is 5.95 Å². The van der Waals surface area contributed by atoms with Crippen LogP contribution in [0.1, 0.15) is 31.4 Å². The molecule has 9 nitrogen and oxygen atoms in total. The standard InChI is InChI=1S/C23H31N7O2S/c1-5-17(3)33(31,32)14-18-7-6-16(2)19(12-18)27-22-21-20(25-15-26-22)13-24-23(28-21)30-10-8-29(4)9-11-30/h6-7,12-13,15,17H,5,8-11,14H2,1-4H3,(H,25,26,27). The van der Waals surface area contributed by atoms with Crippen molar-refractivity contribution in [1.82, 2.24) is 24.8 Å². The molecule has 1 saturated heterocycles. The minimum atomic E-state index is -3.21. The molecular weight excluding hydrogens is 438 g/mol. The Bertz CT molecular complexity index is 1240. The summed E-state index contributed by atoms with van der Waals surface area (Å²) in [5, 5.41) is 2.99. The zero-order chi connectivity index (χ0) is 23.6. The van der Waals surface area contributed by atoms with Crippen LogP contribution in [0.15, 0.2) is 30.7 Å². The maximum Gasteiger partial charge on any atom is 0.226 e. The summed E-state index contributed by atoms with van der Waals surface area (Å²) in [5.74, 6) is 1.25. The van der Waals surface area contributed by atoms with Gasteiger partial charge in [0.05, 0.1) is 17.2 Å². The molecule has 1 aliphatic heterocycles. The number of benzene rings is 1. The molecule has 0 bridgehead atoms. The quantitative estimate of drug-likeness (QED) is 0.559. The summed E-state index contributed by atoms with van der Waals surface area (Å²) in [5.41, 5.74) is 3.82. The van der Waals surface area contributed by atoms with Crippen molar-refractivity contribution in [3.8, 4) is 0 Å². The Balaban J connectivity index is 1.64. The first-order valence-electron chi connectivity index (χ1n) is 11.3. The Morgan fingerprint density at radius 2 is 1.88 bits per heavy atom. The molecule has 10 heteroatoms. The minimum Gasteiger partial charge on any atom is -0.338 e. The van der Waals surface area contributed by atoms with Crippen LogP contribution >= 0.6 is 0 Å². The summed E-state index contributed by atoms with van der Waals surface area (Å²) in [6.07, 6.45) is 3.81. The normalized spacial score (nSPS) is 16.2. The third kappa shape index (κ3) is 5.22. The van der Waals surface area contributed by atoms with Crippen LogP contribution < -0.4 is 10.2 Å². The average Bonchev–Trinajstić information content (AvgIpc) is 2.81. The lowest BCUT2D eigenvalue weighted by molar-refractivity contribution is 0.311. The molecule has 0 radical (unpaired) electrons. The van der Waals surface area contributed by atoms with E-state index in [0.29, 0.717) is 29.2 Å². The lowest BCUT2D eigenvalue weighted by Crippen LogP contribution is -2.45. The van der Waals surface area contributed by atoms with E-state index < -0.39 is 9.84 Å². The van der Waals surface area contributed by atoms with Crippen molar-refractivity contribution in [2.45, 2.75) is 38.2 Å². The molecule has 33 heavy (non-hydrogen) atoms. The first-order chi connectivity index (χ1) is 15.8. The molecule has 2 aromatic heterocycles. The monoisotopic (exact) mass is 469 g/mol. The van der Waals surface area contributed by atoms with Gasteiger partial charge in [-0.1, -0.05) is 19.1 Å². The van der Waals surface area contributed by atoms with Gasteiger partial charge >= 0.3 is 0 Å². The zero-order valence-corrected chi connectivity index (χ0v) is 20.4. The van der Waals surface area contributed by atoms with Crippen molar-refractivity contribution in [3.63, 3.8) is 0 Å². The van der Waals surface area contributed by atoms with E-state index in [4.69, 9.17) is 4.98 Å². The van der Waals surface area contributed by atoms with Gasteiger partial charge in [-0.25, -0.2) is 28.4 Å². The smallest absolute Gasteiger partial charge is 0.226 e. The molecule has 176 valence electrons. The van der Waals surface area contributed by atoms with Gasteiger partial charge in [0.15, 0.2) is 15.7 Å². The van der Waals surface area contributed by atoms with Crippen LogP contribution in [0.4, 0.5) is 17.5 Å². The number of nitrogens with zero attached hydrogens (tertiary/aromatic N) is 6. The van der Waals surface area contributed by atoms with E-state index in [1.807, 2.05) is 32.0 Å². The molecule has 0 aliphatic carbocycles. The third-order valence-electron chi connectivity index (χ3n) is 6.26. The van der Waals surface area contributed by atoms with Crippen LogP contribution in [0, 0.1) is 6.92 Å². The van der Waals surface area contributed by atoms with E-state index in [2.05, 4.69) is 37.1 Å². The van der Waals surface area contributed by atoms with E-state index in [1.165, 1.54) is 6.33 Å². The molecule has 0 saturated carbocycles. The van der Waals surface area contributed by atoms with Gasteiger partial charge in [0, 0.05) is 31.9 Å². The number of aromatic nitrogens is 4. The summed E-state index contributed by atoms with van der Waals surface area (Å²) < 4.78 is 25.2. The molecule has 1 unspecified atom stereocenters. The predicted octanol–water partition coefficient (Wildman–Crippen LogP) is 2.94. The number of hydrogen-bond donors (Lipinski definition) is 1. The molecule has 1 aliphatic rings. The number of fused-ring (bicyclic) bond motifs is 1. The summed E-state index contributed by atoms with van der Waals surface area (Å²) in [4.78, 5) is 22.5. The van der Waals surface area contributed by atoms with Crippen LogP contribution in [0.3, 0.4) is 0 Å². The molecule has 1 N–H and O–H groups in total. The Morgan fingerprint density at radius 1 is 1.12 bits per heavy atom. The molecule has 3 aromatic rings. The van der Waals surface area contributed by atoms with Gasteiger partial charge in [-0.2, -0.15) is 0 Å². The Labute approximate surface area is 195 Å². The average molecular weight is 470 g/mol. The molecule has 1 fully saturated rings. The van der Waals surface area contributed by atoms with Crippen molar-refractivity contribution < 1.29 is 8.42 Å². The van der Waals surface area contributed by atoms with Gasteiger partial charge in [-0.3, -0.25) is 0 Å². The van der Waals surface area contributed by atoms with Crippen LogP contribution in [0.2, 0.25) is 0 Å². The first kappa shape index (κ1) is 23.3. The summed E-state index contributed by atoms with van der Waals surface area (Å²) in [6, 6.07) is 5.68. The molecular formula is C23H31N7O2S. The van der Waals surface area contributed by atoms with Crippen molar-refractivity contribution >= 4 is 38.3 Å². The Morgan fingerprint density at radius 3 is 2.61 bits per heavy atom. The third-order valence-corrected chi connectivity index (χ3v) is 8.56. The number of rotatable bonds is 7. The minimum absolute atomic E-state index is 0.0111. The second-order valence-electron chi connectivity index (χ2n) is 8.72. The van der Waals surface area contributed by atoms with E-state index in [9.17, 15) is 8.42 Å². The summed E-state index contributed by atoms with van der Waals surface area (Å²) in [7, 11) is -1.10. The van der Waals surface area contributed by atoms with E-state index >= 15 is 0 Å². The fourth-order valence-electron chi connectivity index (χ4n) is 3.74. The van der Waals surface area contributed by atoms with Gasteiger partial charge in [0.25, 0.3) is 0 Å². The van der Waals surface area contributed by atoms with E-state index in [0.717, 1.165) is 43.0 Å². The van der Waals surface area contributed by atoms with Gasteiger partial charge in [-0.15, -0.1) is 0 Å². The molecule has 3 heterocycles. The Kier molecular flexibility index (Phi) is 6.76. The van der Waals surface area contributed by atoms with Crippen LogP contribution in [-0.2, 0) is 15.6 Å². The zero-order valence-electron chi connectivity index (χ0n) is 19.6. The number of nitrogens with one attached hydrogen (secondary N) is 1. The van der Waals surface area contributed by atoms with Gasteiger partial charge in [0.1, 0.15) is 17.4 Å². The molecule has 4 rings (SSSR count). The van der Waals surface area contributed by atoms with Crippen molar-refractivity contribution in [2.24, 2.45) is 0 Å². The van der Waals surface area contributed by atoms with Gasteiger partial charge in [-0.05, 0) is 44.5 Å². The number of piperazine rings is 1. The van der Waals surface area contributed by atoms with E-state index in [-0.39, 0.29) is 11.0 Å². The fourth-order valence-corrected chi connectivity index (χ4v) is 5.18. The van der Waals surface area contributed by atoms with Gasteiger partial charge < -0.3 is 15.1 Å². The Hall–Kier alpha value is -2.85. The van der Waals surface area contributed by atoms with Crippen molar-refractivity contribution in [2.75, 3.05) is 43.4 Å². The molecule has 0 spiro atoms. The fraction of sp³-hybridized carbons (Fsp3) is 0.478. The molecule has 1 atom stereocenters. The molecule has 0 amide bonds. The topological polar surface area (TPSA) is 104 Å². The highest BCUT2D eigenvalue weighted by molar-refractivity contribution is 7.91. The highest BCUT2D eigenvalue weighted by atomic mass is 32.2. The summed E-state index contributed by atoms with van der Waals surface area (Å²) >= 11 is 0. The largest absolute Gasteiger partial charge is 0.338 e. The lowest BCUT2D eigenvalue weighted by Gasteiger charge is -2.32. The lowest BCUT2D eigenvalue weighted by atomic mass is 10.1. The number of sulfone groups is 1. The molecule has 1 aromatic carbocycles. The number of anilines is 3. The van der Waals surface area contributed by atoms with Crippen LogP contribution in [0.25, 0.3) is 11.0 Å². The maximum atomic E-state index is 12.6. The van der Waals surface area contributed by atoms with E-state index in [1.54, 1.807) is 13.1 Å². The summed E-state index contributed by atoms with van der Waals surface area (Å²) in [6.45, 7) is 9.28. The predicted molar refractivity (Wildman–Crippen MR) is 132 cm³/mol. The second kappa shape index (κ2) is 9.56.